The first-order valence-electron chi connectivity index (χ1n) is 10.2. The van der Waals surface area contributed by atoms with Gasteiger partial charge in [-0.3, -0.25) is 9.97 Å². The van der Waals surface area contributed by atoms with E-state index in [1.54, 1.807) is 6.20 Å². The molecule has 3 nitrogen and oxygen atoms in total. The normalized spacial score (nSPS) is 11.2. The fraction of sp³-hybridized carbons (Fsp3) is 0. The van der Waals surface area contributed by atoms with Crippen LogP contribution in [0.1, 0.15) is 0 Å². The minimum absolute atomic E-state index is 0.876. The maximum absolute atomic E-state index is 5.95. The SMILES string of the molecule is c1ccc(-c2ccc(-c3ccc(-c4ccc5oc6ccccc6c5c4)cc3)cn2)nc1. The van der Waals surface area contributed by atoms with E-state index in [0.29, 0.717) is 0 Å². The van der Waals surface area contributed by atoms with Gasteiger partial charge in [0.2, 0.25) is 0 Å². The molecule has 6 aromatic rings. The molecule has 146 valence electrons. The largest absolute Gasteiger partial charge is 0.456 e. The summed E-state index contributed by atoms with van der Waals surface area (Å²) in [5, 5.41) is 2.29. The third-order valence-corrected chi connectivity index (χ3v) is 5.62. The molecule has 0 unspecified atom stereocenters. The molecule has 0 saturated heterocycles. The summed E-state index contributed by atoms with van der Waals surface area (Å²) in [7, 11) is 0. The summed E-state index contributed by atoms with van der Waals surface area (Å²) < 4.78 is 5.95. The van der Waals surface area contributed by atoms with Crippen molar-refractivity contribution >= 4 is 21.9 Å². The molecule has 3 heteroatoms. The zero-order valence-electron chi connectivity index (χ0n) is 16.7. The van der Waals surface area contributed by atoms with E-state index >= 15 is 0 Å². The number of benzene rings is 3. The molecule has 3 heterocycles. The average Bonchev–Trinajstić information content (AvgIpc) is 3.23. The second kappa shape index (κ2) is 7.22. The van der Waals surface area contributed by atoms with Gasteiger partial charge in [-0.05, 0) is 53.1 Å². The Morgan fingerprint density at radius 1 is 0.484 bits per heavy atom. The number of para-hydroxylation sites is 1. The molecule has 0 bridgehead atoms. The van der Waals surface area contributed by atoms with Crippen LogP contribution in [-0.4, -0.2) is 9.97 Å². The van der Waals surface area contributed by atoms with Crippen molar-refractivity contribution in [2.75, 3.05) is 0 Å². The molecular formula is C28H18N2O. The minimum Gasteiger partial charge on any atom is -0.456 e. The number of fused-ring (bicyclic) bond motifs is 3. The van der Waals surface area contributed by atoms with Gasteiger partial charge in [0.1, 0.15) is 11.2 Å². The lowest BCUT2D eigenvalue weighted by molar-refractivity contribution is 0.669. The number of hydrogen-bond acceptors (Lipinski definition) is 3. The van der Waals surface area contributed by atoms with Gasteiger partial charge in [0, 0.05) is 28.7 Å². The van der Waals surface area contributed by atoms with Crippen LogP contribution >= 0.6 is 0 Å². The van der Waals surface area contributed by atoms with Crippen molar-refractivity contribution in [3.8, 4) is 33.6 Å². The van der Waals surface area contributed by atoms with Crippen molar-refractivity contribution < 1.29 is 4.42 Å². The standard InChI is InChI=1S/C28H18N2O/c1-2-7-27-23(5-1)24-17-21(13-15-28(24)31-27)19-8-10-20(11-9-19)22-12-14-26(30-18-22)25-6-3-4-16-29-25/h1-18H. The van der Waals surface area contributed by atoms with Gasteiger partial charge < -0.3 is 4.42 Å². The van der Waals surface area contributed by atoms with Crippen LogP contribution in [0.3, 0.4) is 0 Å². The van der Waals surface area contributed by atoms with E-state index in [4.69, 9.17) is 4.42 Å². The number of furan rings is 1. The van der Waals surface area contributed by atoms with Crippen LogP contribution in [0, 0.1) is 0 Å². The zero-order valence-corrected chi connectivity index (χ0v) is 16.7. The summed E-state index contributed by atoms with van der Waals surface area (Å²) >= 11 is 0. The van der Waals surface area contributed by atoms with Crippen LogP contribution in [-0.2, 0) is 0 Å². The number of pyridine rings is 2. The van der Waals surface area contributed by atoms with Crippen LogP contribution in [0.2, 0.25) is 0 Å². The molecule has 3 aromatic carbocycles. The van der Waals surface area contributed by atoms with Crippen LogP contribution in [0.25, 0.3) is 55.6 Å². The molecule has 0 radical (unpaired) electrons. The van der Waals surface area contributed by atoms with Crippen molar-refractivity contribution in [2.24, 2.45) is 0 Å². The predicted octanol–water partition coefficient (Wildman–Crippen LogP) is 7.38. The molecule has 0 aliphatic heterocycles. The summed E-state index contributed by atoms with van der Waals surface area (Å²) in [6.45, 7) is 0. The Hall–Kier alpha value is -4.24. The summed E-state index contributed by atoms with van der Waals surface area (Å²) in [5.41, 5.74) is 8.17. The molecule has 0 aliphatic carbocycles. The highest BCUT2D eigenvalue weighted by atomic mass is 16.3. The lowest BCUT2D eigenvalue weighted by Crippen LogP contribution is -1.87. The molecule has 0 aliphatic rings. The van der Waals surface area contributed by atoms with Gasteiger partial charge in [-0.1, -0.05) is 60.7 Å². The molecule has 31 heavy (non-hydrogen) atoms. The second-order valence-corrected chi connectivity index (χ2v) is 7.53. The maximum Gasteiger partial charge on any atom is 0.135 e. The molecule has 0 atom stereocenters. The van der Waals surface area contributed by atoms with Gasteiger partial charge in [-0.25, -0.2) is 0 Å². The topological polar surface area (TPSA) is 38.9 Å². The van der Waals surface area contributed by atoms with E-state index in [0.717, 1.165) is 44.5 Å². The fourth-order valence-corrected chi connectivity index (χ4v) is 3.99. The number of hydrogen-bond donors (Lipinski definition) is 0. The van der Waals surface area contributed by atoms with E-state index in [-0.39, 0.29) is 0 Å². The predicted molar refractivity (Wildman–Crippen MR) is 126 cm³/mol. The van der Waals surface area contributed by atoms with Gasteiger partial charge in [-0.15, -0.1) is 0 Å². The monoisotopic (exact) mass is 398 g/mol. The Kier molecular flexibility index (Phi) is 4.10. The Labute approximate surface area is 179 Å². The first-order valence-corrected chi connectivity index (χ1v) is 10.2. The van der Waals surface area contributed by atoms with Crippen LogP contribution in [0.4, 0.5) is 0 Å². The van der Waals surface area contributed by atoms with Gasteiger partial charge in [-0.2, -0.15) is 0 Å². The highest BCUT2D eigenvalue weighted by molar-refractivity contribution is 6.06. The van der Waals surface area contributed by atoms with Crippen molar-refractivity contribution in [1.82, 2.24) is 9.97 Å². The van der Waals surface area contributed by atoms with E-state index in [1.165, 1.54) is 11.1 Å². The Morgan fingerprint density at radius 2 is 1.16 bits per heavy atom. The maximum atomic E-state index is 5.95. The van der Waals surface area contributed by atoms with Crippen LogP contribution in [0.15, 0.2) is 114 Å². The Morgan fingerprint density at radius 3 is 1.94 bits per heavy atom. The van der Waals surface area contributed by atoms with Gasteiger partial charge in [0.25, 0.3) is 0 Å². The fourth-order valence-electron chi connectivity index (χ4n) is 3.99. The van der Waals surface area contributed by atoms with Crippen molar-refractivity contribution in [3.05, 3.63) is 109 Å². The second-order valence-electron chi connectivity index (χ2n) is 7.53. The molecule has 6 rings (SSSR count). The van der Waals surface area contributed by atoms with Crippen molar-refractivity contribution in [2.45, 2.75) is 0 Å². The molecular weight excluding hydrogens is 380 g/mol. The van der Waals surface area contributed by atoms with E-state index in [1.807, 2.05) is 48.7 Å². The molecule has 0 N–H and O–H groups in total. The highest BCUT2D eigenvalue weighted by Gasteiger charge is 2.08. The lowest BCUT2D eigenvalue weighted by atomic mass is 9.99. The quantitative estimate of drug-likeness (QED) is 0.312. The summed E-state index contributed by atoms with van der Waals surface area (Å²) in [6, 6.07) is 33.1. The molecule has 3 aromatic heterocycles. The average molecular weight is 398 g/mol. The highest BCUT2D eigenvalue weighted by Crippen LogP contribution is 2.33. The van der Waals surface area contributed by atoms with E-state index in [9.17, 15) is 0 Å². The van der Waals surface area contributed by atoms with Gasteiger partial charge in [0.15, 0.2) is 0 Å². The van der Waals surface area contributed by atoms with E-state index < -0.39 is 0 Å². The first-order chi connectivity index (χ1) is 15.3. The van der Waals surface area contributed by atoms with Crippen molar-refractivity contribution in [1.29, 1.82) is 0 Å². The molecule has 0 saturated carbocycles. The molecule has 0 spiro atoms. The first kappa shape index (κ1) is 17.6. The van der Waals surface area contributed by atoms with Gasteiger partial charge >= 0.3 is 0 Å². The molecule has 0 amide bonds. The van der Waals surface area contributed by atoms with E-state index in [2.05, 4.69) is 64.6 Å². The molecule has 0 fully saturated rings. The third-order valence-electron chi connectivity index (χ3n) is 5.62. The summed E-state index contributed by atoms with van der Waals surface area (Å²) in [4.78, 5) is 8.95. The minimum atomic E-state index is 0.876. The number of nitrogens with zero attached hydrogens (tertiary/aromatic N) is 2. The Balaban J connectivity index is 1.32. The smallest absolute Gasteiger partial charge is 0.135 e. The van der Waals surface area contributed by atoms with Crippen molar-refractivity contribution in [3.63, 3.8) is 0 Å². The van der Waals surface area contributed by atoms with Crippen LogP contribution < -0.4 is 0 Å². The summed E-state index contributed by atoms with van der Waals surface area (Å²) in [5.74, 6) is 0. The number of rotatable bonds is 3. The van der Waals surface area contributed by atoms with Gasteiger partial charge in [0.05, 0.1) is 11.4 Å². The third kappa shape index (κ3) is 3.17. The number of aromatic nitrogens is 2. The van der Waals surface area contributed by atoms with Crippen LogP contribution in [0.5, 0.6) is 0 Å². The zero-order chi connectivity index (χ0) is 20.6. The lowest BCUT2D eigenvalue weighted by Gasteiger charge is -2.06. The summed E-state index contributed by atoms with van der Waals surface area (Å²) in [6.07, 6.45) is 3.69. The Bertz CT molecular complexity index is 1500.